The number of fused-ring (bicyclic) bond motifs is 1. The SMILES string of the molecule is COC(=O)C1=C2C[C@H](NS(C)(=O)=O)CN2C(c2nccs2)=NC1c1sccc1Cl. The number of methoxy groups -OCH3 is 1. The van der Waals surface area contributed by atoms with Gasteiger partial charge >= 0.3 is 5.97 Å². The number of nitrogens with one attached hydrogen (secondary N) is 1. The van der Waals surface area contributed by atoms with Gasteiger partial charge in [0.15, 0.2) is 10.8 Å². The van der Waals surface area contributed by atoms with Crippen molar-refractivity contribution >= 4 is 56.1 Å². The summed E-state index contributed by atoms with van der Waals surface area (Å²) in [7, 11) is -2.10. The number of carbonyl (C=O) groups excluding carboxylic acids is 1. The number of carbonyl (C=O) groups is 1. The molecule has 0 spiro atoms. The summed E-state index contributed by atoms with van der Waals surface area (Å²) in [6.07, 6.45) is 3.13. The van der Waals surface area contributed by atoms with E-state index in [0.29, 0.717) is 40.1 Å². The largest absolute Gasteiger partial charge is 0.466 e. The summed E-state index contributed by atoms with van der Waals surface area (Å²) in [4.78, 5) is 24.5. The van der Waals surface area contributed by atoms with Crippen LogP contribution in [0.2, 0.25) is 5.02 Å². The molecule has 2 aliphatic rings. The molecule has 1 N–H and O–H groups in total. The Morgan fingerprint density at radius 3 is 2.76 bits per heavy atom. The van der Waals surface area contributed by atoms with E-state index >= 15 is 0 Å². The molecule has 2 aromatic heterocycles. The lowest BCUT2D eigenvalue weighted by Crippen LogP contribution is -2.39. The Hall–Kier alpha value is -1.79. The summed E-state index contributed by atoms with van der Waals surface area (Å²) >= 11 is 9.19. The predicted octanol–water partition coefficient (Wildman–Crippen LogP) is 2.41. The first-order valence-electron chi connectivity index (χ1n) is 8.55. The number of ether oxygens (including phenoxy) is 1. The molecule has 0 radical (unpaired) electrons. The summed E-state index contributed by atoms with van der Waals surface area (Å²) in [5, 5.41) is 4.88. The zero-order chi connectivity index (χ0) is 20.8. The summed E-state index contributed by atoms with van der Waals surface area (Å²) in [5.41, 5.74) is 1.04. The van der Waals surface area contributed by atoms with Crippen molar-refractivity contribution in [1.29, 1.82) is 0 Å². The van der Waals surface area contributed by atoms with Crippen LogP contribution in [0, 0.1) is 0 Å². The third kappa shape index (κ3) is 3.97. The highest BCUT2D eigenvalue weighted by Gasteiger charge is 2.43. The first-order valence-corrected chi connectivity index (χ1v) is 12.6. The van der Waals surface area contributed by atoms with E-state index in [1.54, 1.807) is 12.3 Å². The molecule has 0 amide bonds. The number of halogens is 1. The molecule has 1 saturated heterocycles. The first-order chi connectivity index (χ1) is 13.8. The van der Waals surface area contributed by atoms with Crippen molar-refractivity contribution in [2.24, 2.45) is 4.99 Å². The fourth-order valence-corrected chi connectivity index (χ4v) is 6.15. The van der Waals surface area contributed by atoms with Crippen molar-refractivity contribution in [3.63, 3.8) is 0 Å². The Bertz CT molecular complexity index is 1110. The Kier molecular flexibility index (Phi) is 5.51. The highest BCUT2D eigenvalue weighted by molar-refractivity contribution is 7.88. The monoisotopic (exact) mass is 472 g/mol. The molecule has 2 aliphatic heterocycles. The van der Waals surface area contributed by atoms with Crippen molar-refractivity contribution in [3.05, 3.63) is 49.2 Å². The zero-order valence-electron chi connectivity index (χ0n) is 15.5. The van der Waals surface area contributed by atoms with Gasteiger partial charge in [-0.3, -0.25) is 4.99 Å². The van der Waals surface area contributed by atoms with Crippen molar-refractivity contribution in [2.75, 3.05) is 19.9 Å². The molecule has 1 fully saturated rings. The Morgan fingerprint density at radius 2 is 2.17 bits per heavy atom. The van der Waals surface area contributed by atoms with Crippen LogP contribution in [-0.2, 0) is 19.6 Å². The summed E-state index contributed by atoms with van der Waals surface area (Å²) in [5.74, 6) is 0.0799. The number of nitrogens with zero attached hydrogens (tertiary/aromatic N) is 3. The molecular weight excluding hydrogens is 456 g/mol. The molecule has 0 aromatic carbocycles. The fraction of sp³-hybridized carbons (Fsp3) is 0.353. The Labute approximate surface area is 180 Å². The molecule has 29 heavy (non-hydrogen) atoms. The van der Waals surface area contributed by atoms with Crippen LogP contribution < -0.4 is 4.72 Å². The Balaban J connectivity index is 1.87. The number of hydrogen-bond acceptors (Lipinski definition) is 9. The molecule has 4 rings (SSSR count). The molecule has 154 valence electrons. The lowest BCUT2D eigenvalue weighted by molar-refractivity contribution is -0.136. The van der Waals surface area contributed by atoms with Crippen molar-refractivity contribution < 1.29 is 17.9 Å². The minimum atomic E-state index is -3.42. The van der Waals surface area contributed by atoms with Crippen LogP contribution in [0.5, 0.6) is 0 Å². The van der Waals surface area contributed by atoms with Crippen LogP contribution >= 0.6 is 34.3 Å². The van der Waals surface area contributed by atoms with Crippen molar-refractivity contribution in [2.45, 2.75) is 18.5 Å². The second-order valence-corrected chi connectivity index (χ2v) is 10.6. The second kappa shape index (κ2) is 7.80. The van der Waals surface area contributed by atoms with E-state index < -0.39 is 28.1 Å². The molecule has 4 heterocycles. The fourth-order valence-electron chi connectivity index (χ4n) is 3.54. The molecular formula is C17H17ClN4O4S3. The van der Waals surface area contributed by atoms with E-state index in [0.717, 1.165) is 11.1 Å². The van der Waals surface area contributed by atoms with E-state index in [4.69, 9.17) is 21.3 Å². The molecule has 0 bridgehead atoms. The standard InChI is InChI=1S/C17H17ClN4O4S3/c1-26-17(23)12-11-7-9(21-29(2,24)25)8-22(11)15(16-19-4-6-28-16)20-13(12)14-10(18)3-5-27-14/h3-6,9,13,21H,7-8H2,1-2H3/t9-,13?/m0/s1. The number of thiophene rings is 1. The van der Waals surface area contributed by atoms with Crippen LogP contribution in [0.15, 0.2) is 39.3 Å². The van der Waals surface area contributed by atoms with Gasteiger partial charge in [-0.05, 0) is 11.4 Å². The van der Waals surface area contributed by atoms with Crippen LogP contribution in [-0.4, -0.2) is 56.1 Å². The van der Waals surface area contributed by atoms with Crippen LogP contribution in [0.3, 0.4) is 0 Å². The maximum atomic E-state index is 12.7. The molecule has 8 nitrogen and oxygen atoms in total. The third-order valence-electron chi connectivity index (χ3n) is 4.56. The van der Waals surface area contributed by atoms with Gasteiger partial charge in [-0.25, -0.2) is 22.9 Å². The maximum Gasteiger partial charge on any atom is 0.338 e. The molecule has 1 unspecified atom stereocenters. The molecule has 2 atom stereocenters. The molecule has 0 saturated carbocycles. The third-order valence-corrected chi connectivity index (χ3v) is 7.50. The predicted molar refractivity (Wildman–Crippen MR) is 113 cm³/mol. The quantitative estimate of drug-likeness (QED) is 0.670. The Morgan fingerprint density at radius 1 is 1.38 bits per heavy atom. The number of thiazole rings is 1. The van der Waals surface area contributed by atoms with Crippen molar-refractivity contribution in [3.8, 4) is 0 Å². The van der Waals surface area contributed by atoms with Gasteiger partial charge in [-0.2, -0.15) is 0 Å². The maximum absolute atomic E-state index is 12.7. The van der Waals surface area contributed by atoms with Gasteiger partial charge < -0.3 is 9.64 Å². The van der Waals surface area contributed by atoms with E-state index in [1.807, 2.05) is 15.7 Å². The van der Waals surface area contributed by atoms with Crippen molar-refractivity contribution in [1.82, 2.24) is 14.6 Å². The topological polar surface area (TPSA) is 101 Å². The minimum absolute atomic E-state index is 0.335. The van der Waals surface area contributed by atoms with Gasteiger partial charge in [0.2, 0.25) is 10.0 Å². The van der Waals surface area contributed by atoms with Gasteiger partial charge in [0, 0.05) is 36.3 Å². The van der Waals surface area contributed by atoms with Gasteiger partial charge in [0.25, 0.3) is 0 Å². The van der Waals surface area contributed by atoms with Gasteiger partial charge in [0.1, 0.15) is 6.04 Å². The van der Waals surface area contributed by atoms with E-state index in [9.17, 15) is 13.2 Å². The summed E-state index contributed by atoms with van der Waals surface area (Å²) in [6.45, 7) is 0.339. The van der Waals surface area contributed by atoms with Gasteiger partial charge in [0.05, 0.1) is 28.8 Å². The van der Waals surface area contributed by atoms with E-state index in [1.165, 1.54) is 29.8 Å². The number of esters is 1. The van der Waals surface area contributed by atoms with Crippen LogP contribution in [0.4, 0.5) is 0 Å². The van der Waals surface area contributed by atoms with Gasteiger partial charge in [-0.1, -0.05) is 11.6 Å². The number of hydrogen-bond donors (Lipinski definition) is 1. The summed E-state index contributed by atoms with van der Waals surface area (Å²) < 4.78 is 31.2. The highest BCUT2D eigenvalue weighted by Crippen LogP contribution is 2.44. The second-order valence-electron chi connectivity index (χ2n) is 6.58. The number of rotatable bonds is 5. The van der Waals surface area contributed by atoms with Crippen LogP contribution in [0.1, 0.15) is 22.3 Å². The first kappa shape index (κ1) is 20.5. The molecule has 2 aromatic rings. The number of sulfonamides is 1. The molecule has 12 heteroatoms. The average molecular weight is 473 g/mol. The normalized spacial score (nSPS) is 21.9. The lowest BCUT2D eigenvalue weighted by atomic mass is 9.99. The van der Waals surface area contributed by atoms with E-state index in [-0.39, 0.29) is 0 Å². The van der Waals surface area contributed by atoms with Crippen LogP contribution in [0.25, 0.3) is 0 Å². The highest BCUT2D eigenvalue weighted by atomic mass is 35.5. The number of aromatic nitrogens is 1. The zero-order valence-corrected chi connectivity index (χ0v) is 18.7. The molecule has 0 aliphatic carbocycles. The summed E-state index contributed by atoms with van der Waals surface area (Å²) in [6, 6.07) is 0.717. The van der Waals surface area contributed by atoms with Gasteiger partial charge in [-0.15, -0.1) is 22.7 Å². The lowest BCUT2D eigenvalue weighted by Gasteiger charge is -2.30. The van der Waals surface area contributed by atoms with E-state index in [2.05, 4.69) is 9.71 Å². The number of amidine groups is 1. The minimum Gasteiger partial charge on any atom is -0.466 e. The smallest absolute Gasteiger partial charge is 0.338 e. The number of aliphatic imine (C=N–C) groups is 1. The average Bonchev–Trinajstić information content (AvgIpc) is 3.38.